The molecule has 2 aromatic carbocycles. The number of carbonyl (C=O) groups excluding carboxylic acids is 2. The van der Waals surface area contributed by atoms with Crippen LogP contribution < -0.4 is 10.9 Å². The summed E-state index contributed by atoms with van der Waals surface area (Å²) in [6.45, 7) is 1.71. The molecule has 1 N–H and O–H groups in total. The predicted octanol–water partition coefficient (Wildman–Crippen LogP) is 3.96. The average molecular weight is 489 g/mol. The van der Waals surface area contributed by atoms with E-state index in [1.165, 1.54) is 35.8 Å². The maximum atomic E-state index is 14.5. The minimum atomic E-state index is -0.779. The van der Waals surface area contributed by atoms with Crippen LogP contribution in [0.2, 0.25) is 0 Å². The molecule has 0 saturated carbocycles. The van der Waals surface area contributed by atoms with E-state index in [1.54, 1.807) is 25.1 Å². The second-order valence-corrected chi connectivity index (χ2v) is 8.17. The van der Waals surface area contributed by atoms with Gasteiger partial charge in [-0.25, -0.2) is 14.2 Å². The zero-order chi connectivity index (χ0) is 24.5. The lowest BCUT2D eigenvalue weighted by molar-refractivity contribution is 0.0519. The number of esters is 1. The fourth-order valence-electron chi connectivity index (χ4n) is 3.51. The van der Waals surface area contributed by atoms with Gasteiger partial charge in [-0.05, 0) is 31.2 Å². The molecule has 35 heavy (non-hydrogen) atoms. The summed E-state index contributed by atoms with van der Waals surface area (Å²) in [5.41, 5.74) is 0.176. The molecule has 174 valence electrons. The number of fused-ring (bicyclic) bond motifs is 2. The highest BCUT2D eigenvalue weighted by Gasteiger charge is 2.24. The van der Waals surface area contributed by atoms with Crippen LogP contribution in [-0.2, 0) is 4.74 Å². The molecule has 1 amide bonds. The van der Waals surface area contributed by atoms with Crippen molar-refractivity contribution in [1.29, 1.82) is 0 Å². The van der Waals surface area contributed by atoms with E-state index < -0.39 is 23.3 Å². The van der Waals surface area contributed by atoms with Gasteiger partial charge in [0.1, 0.15) is 22.2 Å². The van der Waals surface area contributed by atoms with E-state index in [4.69, 9.17) is 4.74 Å². The summed E-state index contributed by atoms with van der Waals surface area (Å²) in [6, 6.07) is 12.6. The Hall–Kier alpha value is -4.51. The lowest BCUT2D eigenvalue weighted by Crippen LogP contribution is -2.26. The molecular formula is C24H16FN5O4S. The fourth-order valence-corrected chi connectivity index (χ4v) is 4.44. The number of aromatic nitrogens is 4. The van der Waals surface area contributed by atoms with Gasteiger partial charge in [0.05, 0.1) is 29.2 Å². The number of carbonyl (C=O) groups is 2. The number of ether oxygens (including phenoxy) is 1. The van der Waals surface area contributed by atoms with Crippen molar-refractivity contribution in [3.63, 3.8) is 0 Å². The molecule has 0 aliphatic rings. The molecule has 0 spiro atoms. The normalized spacial score (nSPS) is 11.0. The lowest BCUT2D eigenvalue weighted by Gasteiger charge is -2.10. The Kier molecular flexibility index (Phi) is 5.75. The lowest BCUT2D eigenvalue weighted by atomic mass is 10.2. The van der Waals surface area contributed by atoms with Gasteiger partial charge in [-0.15, -0.1) is 11.3 Å². The topological polar surface area (TPSA) is 116 Å². The molecule has 0 aliphatic heterocycles. The molecule has 0 fully saturated rings. The number of thiophene rings is 1. The van der Waals surface area contributed by atoms with Crippen molar-refractivity contribution in [2.75, 3.05) is 11.9 Å². The second kappa shape index (κ2) is 9.03. The maximum Gasteiger partial charge on any atom is 0.359 e. The van der Waals surface area contributed by atoms with E-state index in [0.29, 0.717) is 11.0 Å². The molecule has 5 rings (SSSR count). The van der Waals surface area contributed by atoms with Gasteiger partial charge < -0.3 is 10.1 Å². The molecule has 9 nitrogen and oxygen atoms in total. The molecule has 11 heteroatoms. The van der Waals surface area contributed by atoms with E-state index in [0.717, 1.165) is 16.0 Å². The maximum absolute atomic E-state index is 14.5. The molecule has 3 heterocycles. The van der Waals surface area contributed by atoms with Crippen molar-refractivity contribution in [2.45, 2.75) is 6.92 Å². The highest BCUT2D eigenvalue weighted by molar-refractivity contribution is 7.16. The number of amides is 1. The number of benzene rings is 2. The summed E-state index contributed by atoms with van der Waals surface area (Å²) in [5.74, 6) is -2.08. The van der Waals surface area contributed by atoms with Crippen molar-refractivity contribution in [1.82, 2.24) is 19.7 Å². The minimum Gasteiger partial charge on any atom is -0.461 e. The van der Waals surface area contributed by atoms with Crippen LogP contribution in [0, 0.1) is 5.82 Å². The van der Waals surface area contributed by atoms with Crippen molar-refractivity contribution in [3.05, 3.63) is 87.7 Å². The Morgan fingerprint density at radius 2 is 1.86 bits per heavy atom. The molecule has 0 unspecified atom stereocenters. The van der Waals surface area contributed by atoms with Crippen LogP contribution in [0.4, 0.5) is 9.39 Å². The predicted molar refractivity (Wildman–Crippen MR) is 129 cm³/mol. The van der Waals surface area contributed by atoms with E-state index in [2.05, 4.69) is 20.4 Å². The Labute approximate surface area is 200 Å². The Morgan fingerprint density at radius 3 is 2.63 bits per heavy atom. The Balaban J connectivity index is 1.64. The summed E-state index contributed by atoms with van der Waals surface area (Å²) in [4.78, 5) is 47.5. The molecule has 0 atom stereocenters. The van der Waals surface area contributed by atoms with Crippen molar-refractivity contribution >= 4 is 50.0 Å². The Morgan fingerprint density at radius 1 is 1.11 bits per heavy atom. The van der Waals surface area contributed by atoms with Crippen LogP contribution in [0.1, 0.15) is 27.9 Å². The van der Waals surface area contributed by atoms with Crippen LogP contribution in [0.5, 0.6) is 0 Å². The Bertz CT molecular complexity index is 1680. The molecule has 5 aromatic rings. The van der Waals surface area contributed by atoms with Gasteiger partial charge in [0.15, 0.2) is 5.69 Å². The third kappa shape index (κ3) is 4.02. The number of anilines is 1. The van der Waals surface area contributed by atoms with Crippen LogP contribution in [-0.4, -0.2) is 38.2 Å². The molecule has 0 bridgehead atoms. The summed E-state index contributed by atoms with van der Waals surface area (Å²) >= 11 is 1.03. The van der Waals surface area contributed by atoms with Crippen LogP contribution in [0.15, 0.2) is 64.9 Å². The van der Waals surface area contributed by atoms with Crippen LogP contribution in [0.25, 0.3) is 27.5 Å². The molecule has 0 radical (unpaired) electrons. The van der Waals surface area contributed by atoms with Crippen molar-refractivity contribution in [2.24, 2.45) is 0 Å². The first-order valence-corrected chi connectivity index (χ1v) is 11.4. The van der Waals surface area contributed by atoms with Crippen molar-refractivity contribution in [3.8, 4) is 5.69 Å². The summed E-state index contributed by atoms with van der Waals surface area (Å²) in [6.07, 6.45) is 1.33. The van der Waals surface area contributed by atoms with Gasteiger partial charge in [-0.1, -0.05) is 24.3 Å². The first kappa shape index (κ1) is 22.3. The fraction of sp³-hybridized carbons (Fsp3) is 0.0833. The highest BCUT2D eigenvalue weighted by atomic mass is 32.1. The van der Waals surface area contributed by atoms with E-state index >= 15 is 0 Å². The summed E-state index contributed by atoms with van der Waals surface area (Å²) in [5, 5.41) is 8.62. The average Bonchev–Trinajstić information content (AvgIpc) is 3.28. The SMILES string of the molecule is CCOC(=O)c1nn(-c2ccccc2F)c(=O)c2c(NC(=O)c3cnc4ccccc4n3)scc12. The van der Waals surface area contributed by atoms with Crippen molar-refractivity contribution < 1.29 is 18.7 Å². The first-order valence-electron chi connectivity index (χ1n) is 10.5. The first-order chi connectivity index (χ1) is 17.0. The van der Waals surface area contributed by atoms with Gasteiger partial charge in [-0.3, -0.25) is 14.6 Å². The number of rotatable bonds is 5. The minimum absolute atomic E-state index is 0.00148. The number of para-hydroxylation sites is 3. The number of nitrogens with one attached hydrogen (secondary N) is 1. The third-order valence-corrected chi connectivity index (χ3v) is 6.01. The van der Waals surface area contributed by atoms with Crippen LogP contribution in [0.3, 0.4) is 0 Å². The highest BCUT2D eigenvalue weighted by Crippen LogP contribution is 2.31. The van der Waals surface area contributed by atoms with E-state index in [1.807, 2.05) is 6.07 Å². The molecule has 3 aromatic heterocycles. The second-order valence-electron chi connectivity index (χ2n) is 7.29. The van der Waals surface area contributed by atoms with Gasteiger partial charge in [0.2, 0.25) is 0 Å². The number of hydrogen-bond acceptors (Lipinski definition) is 8. The number of halogens is 1. The standard InChI is InChI=1S/C24H16FN5O4S/c1-2-34-24(33)20-13-12-35-22(19(13)23(32)30(29-20)18-10-6-3-7-14(18)25)28-21(31)17-11-26-15-8-4-5-9-16(15)27-17/h3-12H,2H2,1H3,(H,28,31). The quantitative estimate of drug-likeness (QED) is 0.372. The third-order valence-electron chi connectivity index (χ3n) is 5.11. The summed E-state index contributed by atoms with van der Waals surface area (Å²) in [7, 11) is 0. The monoisotopic (exact) mass is 489 g/mol. The van der Waals surface area contributed by atoms with Gasteiger partial charge in [0.25, 0.3) is 11.5 Å². The molecule has 0 saturated heterocycles. The largest absolute Gasteiger partial charge is 0.461 e. The van der Waals surface area contributed by atoms with E-state index in [-0.39, 0.29) is 39.5 Å². The smallest absolute Gasteiger partial charge is 0.359 e. The van der Waals surface area contributed by atoms with Crippen LogP contribution >= 0.6 is 11.3 Å². The van der Waals surface area contributed by atoms with Gasteiger partial charge >= 0.3 is 5.97 Å². The number of nitrogens with zero attached hydrogens (tertiary/aromatic N) is 4. The van der Waals surface area contributed by atoms with E-state index in [9.17, 15) is 18.8 Å². The van der Waals surface area contributed by atoms with Gasteiger partial charge in [-0.2, -0.15) is 9.78 Å². The molecule has 0 aliphatic carbocycles. The number of hydrogen-bond donors (Lipinski definition) is 1. The van der Waals surface area contributed by atoms with Gasteiger partial charge in [0, 0.05) is 10.8 Å². The zero-order valence-corrected chi connectivity index (χ0v) is 19.0. The zero-order valence-electron chi connectivity index (χ0n) is 18.2. The summed E-state index contributed by atoms with van der Waals surface area (Å²) < 4.78 is 20.4. The molecular weight excluding hydrogens is 473 g/mol.